The molecule has 2 N–H and O–H groups in total. The van der Waals surface area contributed by atoms with Crippen LogP contribution in [0.15, 0.2) is 30.2 Å². The highest BCUT2D eigenvalue weighted by Crippen LogP contribution is 2.34. The number of rotatable bonds is 8. The first-order valence-corrected chi connectivity index (χ1v) is 10.1. The zero-order valence-electron chi connectivity index (χ0n) is 16.9. The minimum atomic E-state index is 0.225. The van der Waals surface area contributed by atoms with E-state index >= 15 is 0 Å². The Bertz CT molecular complexity index is 748. The van der Waals surface area contributed by atoms with Crippen molar-refractivity contribution in [2.45, 2.75) is 45.1 Å². The van der Waals surface area contributed by atoms with Crippen molar-refractivity contribution in [3.8, 4) is 0 Å². The van der Waals surface area contributed by atoms with Gasteiger partial charge in [-0.3, -0.25) is 0 Å². The zero-order chi connectivity index (χ0) is 19.2. The fourth-order valence-electron chi connectivity index (χ4n) is 4.29. The molecule has 6 heteroatoms. The third-order valence-corrected chi connectivity index (χ3v) is 5.94. The monoisotopic (exact) mass is 371 g/mol. The van der Waals surface area contributed by atoms with Crippen LogP contribution in [0.5, 0.6) is 0 Å². The molecule has 2 aromatic rings. The van der Waals surface area contributed by atoms with Crippen molar-refractivity contribution in [2.24, 2.45) is 5.92 Å². The van der Waals surface area contributed by atoms with E-state index in [2.05, 4.69) is 57.9 Å². The Morgan fingerprint density at radius 3 is 2.74 bits per heavy atom. The van der Waals surface area contributed by atoms with Crippen molar-refractivity contribution < 1.29 is 5.11 Å². The summed E-state index contributed by atoms with van der Waals surface area (Å²) in [5.41, 5.74) is 2.40. The lowest BCUT2D eigenvalue weighted by atomic mass is 9.81. The summed E-state index contributed by atoms with van der Waals surface area (Å²) < 4.78 is 0. The van der Waals surface area contributed by atoms with Crippen LogP contribution in [0.4, 0.5) is 5.82 Å². The number of aliphatic hydroxyl groups is 1. The van der Waals surface area contributed by atoms with Crippen molar-refractivity contribution in [3.05, 3.63) is 30.2 Å². The lowest BCUT2D eigenvalue weighted by Crippen LogP contribution is -2.36. The molecule has 1 aliphatic rings. The summed E-state index contributed by atoms with van der Waals surface area (Å²) in [4.78, 5) is 16.6. The van der Waals surface area contributed by atoms with Crippen LogP contribution in [-0.2, 0) is 0 Å². The van der Waals surface area contributed by atoms with Crippen molar-refractivity contribution in [2.75, 3.05) is 38.7 Å². The molecule has 1 aliphatic carbocycles. The van der Waals surface area contributed by atoms with Gasteiger partial charge in [0.05, 0.1) is 12.0 Å². The summed E-state index contributed by atoms with van der Waals surface area (Å²) in [5.74, 6) is 1.80. The van der Waals surface area contributed by atoms with Crippen LogP contribution in [0.1, 0.15) is 39.0 Å². The van der Waals surface area contributed by atoms with E-state index in [0.29, 0.717) is 6.04 Å². The fourth-order valence-corrected chi connectivity index (χ4v) is 4.29. The fraction of sp³-hybridized carbons (Fsp3) is 0.619. The van der Waals surface area contributed by atoms with Crippen molar-refractivity contribution in [3.63, 3.8) is 0 Å². The highest BCUT2D eigenvalue weighted by atomic mass is 16.3. The third-order valence-electron chi connectivity index (χ3n) is 5.94. The van der Waals surface area contributed by atoms with Gasteiger partial charge >= 0.3 is 0 Å². The Morgan fingerprint density at radius 1 is 1.26 bits per heavy atom. The Hall–Kier alpha value is -1.92. The number of allylic oxidation sites excluding steroid dienone is 1. The highest BCUT2D eigenvalue weighted by molar-refractivity contribution is 5.87. The van der Waals surface area contributed by atoms with E-state index in [0.717, 1.165) is 35.9 Å². The molecule has 0 spiro atoms. The second-order valence-corrected chi connectivity index (χ2v) is 7.84. The first-order valence-electron chi connectivity index (χ1n) is 10.1. The van der Waals surface area contributed by atoms with Crippen LogP contribution in [0.25, 0.3) is 11.0 Å². The number of fused-ring (bicyclic) bond motifs is 1. The quantitative estimate of drug-likeness (QED) is 0.698. The molecule has 27 heavy (non-hydrogen) atoms. The molecule has 148 valence electrons. The largest absolute Gasteiger partial charge is 0.395 e. The standard InChI is InChI=1S/C21H33N5O/c1-4-16(14-25(2)11-12-27)13-17-5-7-18(8-6-17)26(3)21-19-9-10-22-20(19)23-15-24-21/h4,9-10,15,17-18,27H,5-8,11-14H2,1-3H3,(H,22,23,24). The minimum absolute atomic E-state index is 0.225. The van der Waals surface area contributed by atoms with Gasteiger partial charge in [-0.15, -0.1) is 0 Å². The maximum absolute atomic E-state index is 9.09. The van der Waals surface area contributed by atoms with E-state index in [1.54, 1.807) is 6.33 Å². The van der Waals surface area contributed by atoms with Gasteiger partial charge in [0.2, 0.25) is 0 Å². The van der Waals surface area contributed by atoms with Crippen LogP contribution in [0.3, 0.4) is 0 Å². The second kappa shape index (κ2) is 9.33. The van der Waals surface area contributed by atoms with E-state index in [9.17, 15) is 0 Å². The molecule has 0 unspecified atom stereocenters. The summed E-state index contributed by atoms with van der Waals surface area (Å²) in [6.07, 6.45) is 12.0. The number of aliphatic hydroxyl groups excluding tert-OH is 1. The number of anilines is 1. The summed E-state index contributed by atoms with van der Waals surface area (Å²) in [6.45, 7) is 4.06. The van der Waals surface area contributed by atoms with Crippen molar-refractivity contribution in [1.29, 1.82) is 0 Å². The molecule has 2 aromatic heterocycles. The normalized spacial score (nSPS) is 21.1. The van der Waals surface area contributed by atoms with Crippen molar-refractivity contribution >= 4 is 16.9 Å². The van der Waals surface area contributed by atoms with Crippen LogP contribution in [-0.4, -0.2) is 64.8 Å². The van der Waals surface area contributed by atoms with Crippen LogP contribution in [0, 0.1) is 5.92 Å². The molecule has 1 saturated carbocycles. The maximum Gasteiger partial charge on any atom is 0.142 e. The molecule has 0 saturated heterocycles. The first-order chi connectivity index (χ1) is 13.1. The van der Waals surface area contributed by atoms with Gasteiger partial charge in [0.25, 0.3) is 0 Å². The number of aromatic nitrogens is 3. The van der Waals surface area contributed by atoms with Gasteiger partial charge < -0.3 is 19.9 Å². The molecule has 2 heterocycles. The van der Waals surface area contributed by atoms with E-state index < -0.39 is 0 Å². The summed E-state index contributed by atoms with van der Waals surface area (Å²) >= 11 is 0. The lowest BCUT2D eigenvalue weighted by molar-refractivity contribution is 0.226. The Kier molecular flexibility index (Phi) is 6.85. The molecule has 0 amide bonds. The SMILES string of the molecule is CC=C(CC1CCC(N(C)c2ncnc3[nH]ccc23)CC1)CN(C)CCO. The van der Waals surface area contributed by atoms with Crippen LogP contribution >= 0.6 is 0 Å². The lowest BCUT2D eigenvalue weighted by Gasteiger charge is -2.36. The third kappa shape index (κ3) is 4.87. The predicted molar refractivity (Wildman–Crippen MR) is 111 cm³/mol. The van der Waals surface area contributed by atoms with Gasteiger partial charge in [-0.1, -0.05) is 11.6 Å². The number of likely N-dealkylation sites (N-methyl/N-ethyl adjacent to an activating group) is 1. The number of hydrogen-bond acceptors (Lipinski definition) is 5. The highest BCUT2D eigenvalue weighted by Gasteiger charge is 2.26. The molecule has 0 atom stereocenters. The van der Waals surface area contributed by atoms with E-state index in [-0.39, 0.29) is 6.61 Å². The molecule has 1 fully saturated rings. The Balaban J connectivity index is 1.54. The van der Waals surface area contributed by atoms with E-state index in [1.807, 2.05) is 6.20 Å². The van der Waals surface area contributed by atoms with Gasteiger partial charge in [0, 0.05) is 32.4 Å². The minimum Gasteiger partial charge on any atom is -0.395 e. The Labute approximate surface area is 162 Å². The number of H-pyrrole nitrogens is 1. The topological polar surface area (TPSA) is 68.3 Å². The molecule has 3 rings (SSSR count). The first kappa shape index (κ1) is 19.8. The number of hydrogen-bond donors (Lipinski definition) is 2. The summed E-state index contributed by atoms with van der Waals surface area (Å²) in [7, 11) is 4.25. The predicted octanol–water partition coefficient (Wildman–Crippen LogP) is 3.21. The second-order valence-electron chi connectivity index (χ2n) is 7.84. The number of nitrogens with one attached hydrogen (secondary N) is 1. The molecule has 6 nitrogen and oxygen atoms in total. The Morgan fingerprint density at radius 2 is 2.04 bits per heavy atom. The van der Waals surface area contributed by atoms with Gasteiger partial charge in [-0.25, -0.2) is 9.97 Å². The van der Waals surface area contributed by atoms with Gasteiger partial charge in [0.15, 0.2) is 0 Å². The zero-order valence-corrected chi connectivity index (χ0v) is 16.9. The summed E-state index contributed by atoms with van der Waals surface area (Å²) in [5, 5.41) is 10.2. The van der Waals surface area contributed by atoms with Crippen LogP contribution < -0.4 is 4.90 Å². The maximum atomic E-state index is 9.09. The summed E-state index contributed by atoms with van der Waals surface area (Å²) in [6, 6.07) is 2.61. The molecule has 0 aliphatic heterocycles. The number of nitrogens with zero attached hydrogens (tertiary/aromatic N) is 4. The molecule has 0 aromatic carbocycles. The van der Waals surface area contributed by atoms with E-state index in [4.69, 9.17) is 5.11 Å². The molecular formula is C21H33N5O. The molecule has 0 radical (unpaired) electrons. The average Bonchev–Trinajstić information content (AvgIpc) is 3.16. The van der Waals surface area contributed by atoms with Gasteiger partial charge in [-0.2, -0.15) is 0 Å². The van der Waals surface area contributed by atoms with Gasteiger partial charge in [0.1, 0.15) is 17.8 Å². The van der Waals surface area contributed by atoms with Crippen LogP contribution in [0.2, 0.25) is 0 Å². The smallest absolute Gasteiger partial charge is 0.142 e. The van der Waals surface area contributed by atoms with Crippen molar-refractivity contribution in [1.82, 2.24) is 19.9 Å². The van der Waals surface area contributed by atoms with E-state index in [1.165, 1.54) is 37.7 Å². The molecule has 0 bridgehead atoms. The number of aromatic amines is 1. The van der Waals surface area contributed by atoms with Gasteiger partial charge in [-0.05, 0) is 58.1 Å². The average molecular weight is 372 g/mol. The molecular weight excluding hydrogens is 338 g/mol.